The SMILES string of the molecule is CC(CN)c1ccc(SC2CC2)cc1. The summed E-state index contributed by atoms with van der Waals surface area (Å²) in [7, 11) is 0. The van der Waals surface area contributed by atoms with Crippen molar-refractivity contribution >= 4 is 11.8 Å². The zero-order valence-electron chi connectivity index (χ0n) is 8.57. The highest BCUT2D eigenvalue weighted by atomic mass is 32.2. The van der Waals surface area contributed by atoms with Gasteiger partial charge in [-0.1, -0.05) is 19.1 Å². The fourth-order valence-corrected chi connectivity index (χ4v) is 2.44. The van der Waals surface area contributed by atoms with Crippen LogP contribution in [-0.2, 0) is 0 Å². The molecule has 1 saturated carbocycles. The minimum Gasteiger partial charge on any atom is -0.330 e. The van der Waals surface area contributed by atoms with E-state index < -0.39 is 0 Å². The fourth-order valence-electron chi connectivity index (χ4n) is 1.39. The maximum absolute atomic E-state index is 5.63. The van der Waals surface area contributed by atoms with Crippen LogP contribution in [-0.4, -0.2) is 11.8 Å². The van der Waals surface area contributed by atoms with E-state index in [0.717, 1.165) is 11.8 Å². The number of rotatable bonds is 4. The van der Waals surface area contributed by atoms with Crippen LogP contribution in [0.2, 0.25) is 0 Å². The average molecular weight is 207 g/mol. The molecule has 0 heterocycles. The Kier molecular flexibility index (Phi) is 3.14. The average Bonchev–Trinajstić information content (AvgIpc) is 3.02. The molecule has 1 fully saturated rings. The second-order valence-corrected chi connectivity index (χ2v) is 5.40. The van der Waals surface area contributed by atoms with E-state index >= 15 is 0 Å². The Hall–Kier alpha value is -0.470. The zero-order valence-corrected chi connectivity index (χ0v) is 9.39. The summed E-state index contributed by atoms with van der Waals surface area (Å²) in [5.74, 6) is 0.481. The van der Waals surface area contributed by atoms with E-state index in [9.17, 15) is 0 Å². The summed E-state index contributed by atoms with van der Waals surface area (Å²) in [5, 5.41) is 0.896. The van der Waals surface area contributed by atoms with E-state index in [0.29, 0.717) is 5.92 Å². The van der Waals surface area contributed by atoms with Crippen molar-refractivity contribution in [2.75, 3.05) is 6.54 Å². The Bertz CT molecular complexity index is 290. The Morgan fingerprint density at radius 2 is 2.00 bits per heavy atom. The molecule has 0 spiro atoms. The van der Waals surface area contributed by atoms with Crippen molar-refractivity contribution < 1.29 is 0 Å². The van der Waals surface area contributed by atoms with Gasteiger partial charge in [0.1, 0.15) is 0 Å². The molecule has 2 rings (SSSR count). The number of hydrogen-bond acceptors (Lipinski definition) is 2. The van der Waals surface area contributed by atoms with Crippen molar-refractivity contribution in [3.8, 4) is 0 Å². The minimum atomic E-state index is 0.481. The predicted octanol–water partition coefficient (Wildman–Crippen LogP) is 3.00. The summed E-state index contributed by atoms with van der Waals surface area (Å²) >= 11 is 2.01. The van der Waals surface area contributed by atoms with Gasteiger partial charge in [0.25, 0.3) is 0 Å². The first-order chi connectivity index (χ1) is 6.79. The molecule has 76 valence electrons. The zero-order chi connectivity index (χ0) is 9.97. The van der Waals surface area contributed by atoms with Gasteiger partial charge in [-0.2, -0.15) is 0 Å². The van der Waals surface area contributed by atoms with Crippen LogP contribution in [0.4, 0.5) is 0 Å². The molecular formula is C12H17NS. The first-order valence-corrected chi connectivity index (χ1v) is 6.14. The molecule has 1 nitrogen and oxygen atoms in total. The molecule has 0 amide bonds. The lowest BCUT2D eigenvalue weighted by molar-refractivity contribution is 0.773. The standard InChI is InChI=1S/C12H17NS/c1-9(8-13)10-2-4-11(5-3-10)14-12-6-7-12/h2-5,9,12H,6-8,13H2,1H3. The largest absolute Gasteiger partial charge is 0.330 e. The third kappa shape index (κ3) is 2.52. The molecule has 2 heteroatoms. The van der Waals surface area contributed by atoms with E-state index in [2.05, 4.69) is 31.2 Å². The topological polar surface area (TPSA) is 26.0 Å². The molecule has 1 aromatic carbocycles. The molecule has 14 heavy (non-hydrogen) atoms. The highest BCUT2D eigenvalue weighted by molar-refractivity contribution is 8.00. The van der Waals surface area contributed by atoms with Gasteiger partial charge in [-0.25, -0.2) is 0 Å². The molecule has 0 aromatic heterocycles. The smallest absolute Gasteiger partial charge is 0.00952 e. The van der Waals surface area contributed by atoms with Crippen molar-refractivity contribution in [1.82, 2.24) is 0 Å². The molecule has 0 aliphatic heterocycles. The Balaban J connectivity index is 2.01. The molecule has 1 unspecified atom stereocenters. The van der Waals surface area contributed by atoms with Gasteiger partial charge >= 0.3 is 0 Å². The van der Waals surface area contributed by atoms with Crippen LogP contribution in [0.15, 0.2) is 29.2 Å². The molecule has 1 aliphatic rings. The maximum Gasteiger partial charge on any atom is 0.00952 e. The Morgan fingerprint density at radius 1 is 1.36 bits per heavy atom. The van der Waals surface area contributed by atoms with Gasteiger partial charge in [0, 0.05) is 10.1 Å². The number of hydrogen-bond donors (Lipinski definition) is 1. The fraction of sp³-hybridized carbons (Fsp3) is 0.500. The summed E-state index contributed by atoms with van der Waals surface area (Å²) in [5.41, 5.74) is 6.98. The first-order valence-electron chi connectivity index (χ1n) is 5.26. The van der Waals surface area contributed by atoms with E-state index in [1.54, 1.807) is 0 Å². The normalized spacial score (nSPS) is 18.1. The second-order valence-electron chi connectivity index (χ2n) is 4.02. The Morgan fingerprint density at radius 3 is 2.50 bits per heavy atom. The van der Waals surface area contributed by atoms with Crippen LogP contribution in [0.25, 0.3) is 0 Å². The summed E-state index contributed by atoms with van der Waals surface area (Å²) in [6.45, 7) is 2.90. The molecule has 1 aliphatic carbocycles. The van der Waals surface area contributed by atoms with Gasteiger partial charge in [-0.15, -0.1) is 11.8 Å². The molecule has 1 atom stereocenters. The molecular weight excluding hydrogens is 190 g/mol. The summed E-state index contributed by atoms with van der Waals surface area (Å²) in [6, 6.07) is 8.87. The lowest BCUT2D eigenvalue weighted by atomic mass is 10.0. The molecule has 0 saturated heterocycles. The lowest BCUT2D eigenvalue weighted by Gasteiger charge is -2.09. The summed E-state index contributed by atoms with van der Waals surface area (Å²) in [6.07, 6.45) is 2.79. The van der Waals surface area contributed by atoms with E-state index in [1.165, 1.54) is 23.3 Å². The van der Waals surface area contributed by atoms with Gasteiger partial charge in [0.2, 0.25) is 0 Å². The van der Waals surface area contributed by atoms with Crippen LogP contribution in [0.5, 0.6) is 0 Å². The number of nitrogens with two attached hydrogens (primary N) is 1. The van der Waals surface area contributed by atoms with Gasteiger partial charge < -0.3 is 5.73 Å². The van der Waals surface area contributed by atoms with Crippen LogP contribution in [0, 0.1) is 0 Å². The van der Waals surface area contributed by atoms with Crippen molar-refractivity contribution in [2.24, 2.45) is 5.73 Å². The Labute approximate surface area is 90.1 Å². The first kappa shape index (κ1) is 10.1. The van der Waals surface area contributed by atoms with Crippen molar-refractivity contribution in [3.63, 3.8) is 0 Å². The summed E-state index contributed by atoms with van der Waals surface area (Å²) < 4.78 is 0. The highest BCUT2D eigenvalue weighted by Gasteiger charge is 2.22. The highest BCUT2D eigenvalue weighted by Crippen LogP contribution is 2.39. The van der Waals surface area contributed by atoms with Crippen LogP contribution in [0.3, 0.4) is 0 Å². The van der Waals surface area contributed by atoms with E-state index in [4.69, 9.17) is 5.73 Å². The molecule has 1 aromatic rings. The third-order valence-corrected chi connectivity index (χ3v) is 3.98. The van der Waals surface area contributed by atoms with Crippen molar-refractivity contribution in [1.29, 1.82) is 0 Å². The van der Waals surface area contributed by atoms with Crippen LogP contribution >= 0.6 is 11.8 Å². The van der Waals surface area contributed by atoms with Gasteiger partial charge in [-0.3, -0.25) is 0 Å². The summed E-state index contributed by atoms with van der Waals surface area (Å²) in [4.78, 5) is 1.40. The second kappa shape index (κ2) is 4.37. The lowest BCUT2D eigenvalue weighted by Crippen LogP contribution is -2.08. The van der Waals surface area contributed by atoms with E-state index in [1.807, 2.05) is 11.8 Å². The molecule has 2 N–H and O–H groups in total. The predicted molar refractivity (Wildman–Crippen MR) is 62.8 cm³/mol. The van der Waals surface area contributed by atoms with Gasteiger partial charge in [0.15, 0.2) is 0 Å². The van der Waals surface area contributed by atoms with Crippen LogP contribution < -0.4 is 5.73 Å². The maximum atomic E-state index is 5.63. The van der Waals surface area contributed by atoms with Crippen molar-refractivity contribution in [3.05, 3.63) is 29.8 Å². The van der Waals surface area contributed by atoms with Gasteiger partial charge in [0.05, 0.1) is 0 Å². The quantitative estimate of drug-likeness (QED) is 0.821. The van der Waals surface area contributed by atoms with Crippen molar-refractivity contribution in [2.45, 2.75) is 35.8 Å². The third-order valence-electron chi connectivity index (χ3n) is 2.63. The monoisotopic (exact) mass is 207 g/mol. The van der Waals surface area contributed by atoms with Gasteiger partial charge in [-0.05, 0) is 43.0 Å². The number of benzene rings is 1. The molecule has 0 radical (unpaired) electrons. The molecule has 0 bridgehead atoms. The minimum absolute atomic E-state index is 0.481. The van der Waals surface area contributed by atoms with Crippen LogP contribution in [0.1, 0.15) is 31.2 Å². The number of thioether (sulfide) groups is 1. The van der Waals surface area contributed by atoms with E-state index in [-0.39, 0.29) is 0 Å².